The van der Waals surface area contributed by atoms with Crippen molar-refractivity contribution < 1.29 is 0 Å². The van der Waals surface area contributed by atoms with Gasteiger partial charge < -0.3 is 0 Å². The predicted molar refractivity (Wildman–Crippen MR) is 47.0 cm³/mol. The van der Waals surface area contributed by atoms with Gasteiger partial charge in [-0.3, -0.25) is 0 Å². The second-order valence-corrected chi connectivity index (χ2v) is 3.43. The van der Waals surface area contributed by atoms with Gasteiger partial charge in [0.05, 0.1) is 5.38 Å². The molecule has 0 N–H and O–H groups in total. The van der Waals surface area contributed by atoms with Crippen LogP contribution in [0.2, 0.25) is 0 Å². The molecule has 1 aliphatic rings. The average Bonchev–Trinajstić information content (AvgIpc) is 1.88. The molecule has 0 fully saturated rings. The molecule has 0 spiro atoms. The Balaban J connectivity index is 2.73. The van der Waals surface area contributed by atoms with Crippen LogP contribution < -0.4 is 0 Å². The first-order valence-electron chi connectivity index (χ1n) is 3.00. The van der Waals surface area contributed by atoms with Crippen LogP contribution in [0.5, 0.6) is 0 Å². The molecule has 1 unspecified atom stereocenters. The quantitative estimate of drug-likeness (QED) is 0.566. The highest BCUT2D eigenvalue weighted by molar-refractivity contribution is 6.32. The summed E-state index contributed by atoms with van der Waals surface area (Å²) in [6, 6.07) is 0. The maximum Gasteiger partial charge on any atom is 0.0568 e. The number of halogens is 3. The minimum atomic E-state index is 0.0412. The molecule has 56 valence electrons. The molecule has 0 aromatic heterocycles. The van der Waals surface area contributed by atoms with Crippen LogP contribution in [0.25, 0.3) is 0 Å². The molecule has 1 atom stereocenters. The van der Waals surface area contributed by atoms with Crippen LogP contribution in [0.1, 0.15) is 6.42 Å². The summed E-state index contributed by atoms with van der Waals surface area (Å²) in [4.78, 5) is 0. The molecule has 0 aromatic rings. The van der Waals surface area contributed by atoms with Crippen molar-refractivity contribution >= 4 is 34.8 Å². The van der Waals surface area contributed by atoms with Crippen LogP contribution in [-0.2, 0) is 0 Å². The van der Waals surface area contributed by atoms with Crippen LogP contribution >= 0.6 is 34.8 Å². The fraction of sp³-hybridized carbons (Fsp3) is 0.429. The van der Waals surface area contributed by atoms with Gasteiger partial charge in [0.2, 0.25) is 0 Å². The van der Waals surface area contributed by atoms with E-state index in [9.17, 15) is 0 Å². The summed E-state index contributed by atoms with van der Waals surface area (Å²) in [7, 11) is 0. The number of allylic oxidation sites excluding steroid dienone is 4. The molecule has 3 heteroatoms. The van der Waals surface area contributed by atoms with Gasteiger partial charge in [0, 0.05) is 17.3 Å². The molecule has 1 rings (SSSR count). The normalized spacial score (nSPS) is 25.7. The predicted octanol–water partition coefficient (Wildman–Crippen LogP) is 3.29. The first-order valence-corrected chi connectivity index (χ1v) is 4.34. The summed E-state index contributed by atoms with van der Waals surface area (Å²) in [5, 5.41) is 0.831. The van der Waals surface area contributed by atoms with E-state index in [4.69, 9.17) is 34.8 Å². The van der Waals surface area contributed by atoms with Crippen molar-refractivity contribution in [3.63, 3.8) is 0 Å². The van der Waals surface area contributed by atoms with Crippen molar-refractivity contribution in [1.29, 1.82) is 0 Å². The number of alkyl halides is 2. The van der Waals surface area contributed by atoms with Crippen LogP contribution in [0.15, 0.2) is 22.8 Å². The van der Waals surface area contributed by atoms with Crippen molar-refractivity contribution in [2.75, 3.05) is 5.88 Å². The van der Waals surface area contributed by atoms with Gasteiger partial charge in [0.25, 0.3) is 0 Å². The standard InChI is InChI=1S/C7H7Cl3/c8-4-5-1-2-6(9)3-7(5)10/h1-2,6H,3-4H2. The van der Waals surface area contributed by atoms with Gasteiger partial charge in [-0.05, 0) is 5.57 Å². The van der Waals surface area contributed by atoms with Gasteiger partial charge in [0.1, 0.15) is 0 Å². The van der Waals surface area contributed by atoms with E-state index in [-0.39, 0.29) is 5.38 Å². The third-order valence-corrected chi connectivity index (χ3v) is 2.36. The number of hydrogen-bond donors (Lipinski definition) is 0. The first-order chi connectivity index (χ1) is 4.74. The maximum absolute atomic E-state index is 5.84. The van der Waals surface area contributed by atoms with E-state index in [2.05, 4.69) is 0 Å². The fourth-order valence-corrected chi connectivity index (χ4v) is 1.72. The van der Waals surface area contributed by atoms with Crippen LogP contribution in [0, 0.1) is 0 Å². The molecular weight excluding hydrogens is 190 g/mol. The van der Waals surface area contributed by atoms with Gasteiger partial charge >= 0.3 is 0 Å². The first kappa shape index (κ1) is 8.45. The second kappa shape index (κ2) is 3.66. The summed E-state index contributed by atoms with van der Waals surface area (Å²) in [5.41, 5.74) is 0.986. The van der Waals surface area contributed by atoms with Gasteiger partial charge in [0.15, 0.2) is 0 Å². The van der Waals surface area contributed by atoms with Gasteiger partial charge in [-0.15, -0.1) is 23.2 Å². The van der Waals surface area contributed by atoms with E-state index in [0.29, 0.717) is 12.3 Å². The number of rotatable bonds is 1. The topological polar surface area (TPSA) is 0 Å². The Morgan fingerprint density at radius 3 is 2.80 bits per heavy atom. The van der Waals surface area contributed by atoms with E-state index < -0.39 is 0 Å². The van der Waals surface area contributed by atoms with E-state index >= 15 is 0 Å². The third kappa shape index (κ3) is 1.91. The fourth-order valence-electron chi connectivity index (χ4n) is 0.798. The molecule has 1 aliphatic carbocycles. The Hall–Kier alpha value is 0.350. The van der Waals surface area contributed by atoms with Gasteiger partial charge in [-0.1, -0.05) is 23.8 Å². The largest absolute Gasteiger partial charge is 0.122 e. The van der Waals surface area contributed by atoms with Crippen molar-refractivity contribution in [2.45, 2.75) is 11.8 Å². The smallest absolute Gasteiger partial charge is 0.0568 e. The van der Waals surface area contributed by atoms with Crippen molar-refractivity contribution in [3.8, 4) is 0 Å². The zero-order chi connectivity index (χ0) is 7.56. The van der Waals surface area contributed by atoms with Crippen LogP contribution in [0.3, 0.4) is 0 Å². The lowest BCUT2D eigenvalue weighted by Gasteiger charge is -2.11. The second-order valence-electron chi connectivity index (χ2n) is 2.14. The van der Waals surface area contributed by atoms with Crippen molar-refractivity contribution in [3.05, 3.63) is 22.8 Å². The van der Waals surface area contributed by atoms with Gasteiger partial charge in [-0.25, -0.2) is 0 Å². The lowest BCUT2D eigenvalue weighted by atomic mass is 10.1. The summed E-state index contributed by atoms with van der Waals surface area (Å²) >= 11 is 17.2. The van der Waals surface area contributed by atoms with Crippen molar-refractivity contribution in [1.82, 2.24) is 0 Å². The zero-order valence-electron chi connectivity index (χ0n) is 5.28. The van der Waals surface area contributed by atoms with Crippen molar-refractivity contribution in [2.24, 2.45) is 0 Å². The minimum absolute atomic E-state index is 0.0412. The highest BCUT2D eigenvalue weighted by atomic mass is 35.5. The zero-order valence-corrected chi connectivity index (χ0v) is 7.55. The SMILES string of the molecule is ClCC1=C(Cl)CC(Cl)C=C1. The Morgan fingerprint density at radius 1 is 1.60 bits per heavy atom. The summed E-state index contributed by atoms with van der Waals surface area (Å²) in [6.45, 7) is 0. The van der Waals surface area contributed by atoms with E-state index in [1.165, 1.54) is 0 Å². The molecule has 0 saturated heterocycles. The highest BCUT2D eigenvalue weighted by Crippen LogP contribution is 2.25. The molecule has 0 nitrogen and oxygen atoms in total. The lowest BCUT2D eigenvalue weighted by Crippen LogP contribution is -2.01. The van der Waals surface area contributed by atoms with Crippen LogP contribution in [-0.4, -0.2) is 11.3 Å². The maximum atomic E-state index is 5.84. The van der Waals surface area contributed by atoms with Crippen LogP contribution in [0.4, 0.5) is 0 Å². The average molecular weight is 197 g/mol. The summed E-state index contributed by atoms with van der Waals surface area (Å²) < 4.78 is 0. The Labute approximate surface area is 75.5 Å². The Bertz CT molecular complexity index is 181. The molecule has 0 aromatic carbocycles. The van der Waals surface area contributed by atoms with E-state index in [0.717, 1.165) is 10.6 Å². The molecule has 0 radical (unpaired) electrons. The molecule has 0 saturated carbocycles. The highest BCUT2D eigenvalue weighted by Gasteiger charge is 2.11. The Morgan fingerprint density at radius 2 is 2.30 bits per heavy atom. The summed E-state index contributed by atoms with van der Waals surface area (Å²) in [6.07, 6.45) is 4.50. The molecular formula is C7H7Cl3. The lowest BCUT2D eigenvalue weighted by molar-refractivity contribution is 1.00. The summed E-state index contributed by atoms with van der Waals surface area (Å²) in [5.74, 6) is 0.471. The molecule has 0 heterocycles. The van der Waals surface area contributed by atoms with E-state index in [1.54, 1.807) is 0 Å². The molecule has 10 heavy (non-hydrogen) atoms. The van der Waals surface area contributed by atoms with Gasteiger partial charge in [-0.2, -0.15) is 0 Å². The molecule has 0 aliphatic heterocycles. The van der Waals surface area contributed by atoms with E-state index in [1.807, 2.05) is 12.2 Å². The number of hydrogen-bond acceptors (Lipinski definition) is 0. The third-order valence-electron chi connectivity index (χ3n) is 1.37. The minimum Gasteiger partial charge on any atom is -0.122 e. The Kier molecular flexibility index (Phi) is 3.09. The molecule has 0 bridgehead atoms. The molecule has 0 amide bonds. The monoisotopic (exact) mass is 196 g/mol.